The zero-order valence-electron chi connectivity index (χ0n) is 15.5. The molecule has 0 aliphatic rings. The average Bonchev–Trinajstić information content (AvgIpc) is 3.28. The lowest BCUT2D eigenvalue weighted by atomic mass is 10.1. The summed E-state index contributed by atoms with van der Waals surface area (Å²) in [5.41, 5.74) is 1.72. The Labute approximate surface area is 163 Å². The average molecular weight is 379 g/mol. The predicted octanol–water partition coefficient (Wildman–Crippen LogP) is 3.72. The van der Waals surface area contributed by atoms with Crippen molar-refractivity contribution in [2.75, 3.05) is 25.2 Å². The van der Waals surface area contributed by atoms with Crippen LogP contribution < -0.4 is 9.64 Å². The van der Waals surface area contributed by atoms with Crippen molar-refractivity contribution in [3.05, 3.63) is 84.3 Å². The predicted molar refractivity (Wildman–Crippen MR) is 104 cm³/mol. The van der Waals surface area contributed by atoms with Crippen molar-refractivity contribution in [1.29, 1.82) is 0 Å². The Balaban J connectivity index is 1.74. The number of ether oxygens (including phenoxy) is 2. The van der Waals surface area contributed by atoms with Crippen LogP contribution in [-0.4, -0.2) is 32.1 Å². The first-order chi connectivity index (χ1) is 13.7. The molecule has 0 atom stereocenters. The van der Waals surface area contributed by atoms with Crippen molar-refractivity contribution >= 4 is 17.6 Å². The quantitative estimate of drug-likeness (QED) is 0.558. The van der Waals surface area contributed by atoms with E-state index in [1.807, 2.05) is 42.5 Å². The zero-order valence-corrected chi connectivity index (χ0v) is 15.5. The van der Waals surface area contributed by atoms with Gasteiger partial charge in [-0.2, -0.15) is 0 Å². The highest BCUT2D eigenvalue weighted by Crippen LogP contribution is 2.28. The molecule has 6 heteroatoms. The van der Waals surface area contributed by atoms with Gasteiger partial charge in [0, 0.05) is 6.54 Å². The molecule has 28 heavy (non-hydrogen) atoms. The first kappa shape index (κ1) is 19.2. The lowest BCUT2D eigenvalue weighted by Gasteiger charge is -2.24. The van der Waals surface area contributed by atoms with Crippen LogP contribution in [0.1, 0.15) is 16.1 Å². The number of methoxy groups -OCH3 is 1. The van der Waals surface area contributed by atoms with Gasteiger partial charge in [-0.3, -0.25) is 4.79 Å². The molecule has 0 saturated heterocycles. The molecular formula is C22H21NO5. The molecule has 0 aliphatic carbocycles. The number of amides is 1. The third kappa shape index (κ3) is 4.79. The van der Waals surface area contributed by atoms with E-state index in [2.05, 4.69) is 0 Å². The molecule has 0 saturated carbocycles. The van der Waals surface area contributed by atoms with Crippen molar-refractivity contribution in [3.63, 3.8) is 0 Å². The second-order valence-corrected chi connectivity index (χ2v) is 6.01. The van der Waals surface area contributed by atoms with Crippen LogP contribution in [0.15, 0.2) is 77.4 Å². The number of hydrogen-bond acceptors (Lipinski definition) is 5. The summed E-state index contributed by atoms with van der Waals surface area (Å²) in [4.78, 5) is 26.4. The van der Waals surface area contributed by atoms with Gasteiger partial charge in [0.15, 0.2) is 6.61 Å². The number of hydrogen-bond donors (Lipinski definition) is 0. The summed E-state index contributed by atoms with van der Waals surface area (Å²) in [6, 6.07) is 20.2. The van der Waals surface area contributed by atoms with Crippen molar-refractivity contribution in [2.24, 2.45) is 0 Å². The fourth-order valence-corrected chi connectivity index (χ4v) is 2.79. The van der Waals surface area contributed by atoms with E-state index in [0.717, 1.165) is 5.56 Å². The first-order valence-corrected chi connectivity index (χ1v) is 8.87. The molecule has 3 aromatic rings. The number of anilines is 1. The number of carbonyl (C=O) groups excluding carboxylic acids is 2. The Morgan fingerprint density at radius 3 is 2.43 bits per heavy atom. The van der Waals surface area contributed by atoms with Gasteiger partial charge in [0.25, 0.3) is 5.91 Å². The molecule has 3 rings (SSSR count). The van der Waals surface area contributed by atoms with E-state index in [9.17, 15) is 9.59 Å². The van der Waals surface area contributed by atoms with Crippen molar-refractivity contribution in [3.8, 4) is 5.75 Å². The molecule has 144 valence electrons. The highest BCUT2D eigenvalue weighted by atomic mass is 16.5. The number of esters is 1. The van der Waals surface area contributed by atoms with Gasteiger partial charge in [-0.25, -0.2) is 4.79 Å². The Morgan fingerprint density at radius 1 is 0.964 bits per heavy atom. The summed E-state index contributed by atoms with van der Waals surface area (Å²) in [5, 5.41) is 0. The van der Waals surface area contributed by atoms with Crippen molar-refractivity contribution in [2.45, 2.75) is 6.42 Å². The molecule has 0 aliphatic heterocycles. The van der Waals surface area contributed by atoms with Crippen molar-refractivity contribution < 1.29 is 23.5 Å². The number of carbonyl (C=O) groups is 2. The molecule has 0 fully saturated rings. The van der Waals surface area contributed by atoms with Crippen LogP contribution in [-0.2, 0) is 16.0 Å². The van der Waals surface area contributed by atoms with Gasteiger partial charge in [-0.1, -0.05) is 42.5 Å². The van der Waals surface area contributed by atoms with Crippen LogP contribution in [0.25, 0.3) is 0 Å². The standard InChI is InChI=1S/C22H21NO5/c1-26-19-11-6-5-10-18(19)23(14-13-17-8-3-2-4-9-17)21(24)16-28-22(25)20-12-7-15-27-20/h2-12,15H,13-14,16H2,1H3. The first-order valence-electron chi connectivity index (χ1n) is 8.87. The van der Waals surface area contributed by atoms with Gasteiger partial charge in [0.05, 0.1) is 19.1 Å². The molecule has 1 heterocycles. The van der Waals surface area contributed by atoms with E-state index >= 15 is 0 Å². The third-order valence-electron chi connectivity index (χ3n) is 4.19. The Hall–Kier alpha value is -3.54. The molecule has 2 aromatic carbocycles. The van der Waals surface area contributed by atoms with Crippen LogP contribution in [0.5, 0.6) is 5.75 Å². The summed E-state index contributed by atoms with van der Waals surface area (Å²) >= 11 is 0. The third-order valence-corrected chi connectivity index (χ3v) is 4.19. The number of para-hydroxylation sites is 2. The van der Waals surface area contributed by atoms with Crippen LogP contribution in [0.2, 0.25) is 0 Å². The number of benzene rings is 2. The maximum atomic E-state index is 12.9. The molecule has 1 amide bonds. The fraction of sp³-hybridized carbons (Fsp3) is 0.182. The largest absolute Gasteiger partial charge is 0.495 e. The molecular weight excluding hydrogens is 358 g/mol. The highest BCUT2D eigenvalue weighted by Gasteiger charge is 2.21. The molecule has 0 spiro atoms. The van der Waals surface area contributed by atoms with Crippen LogP contribution in [0, 0.1) is 0 Å². The molecule has 1 aromatic heterocycles. The van der Waals surface area contributed by atoms with Gasteiger partial charge in [0.1, 0.15) is 5.75 Å². The second kappa shape index (κ2) is 9.41. The second-order valence-electron chi connectivity index (χ2n) is 6.01. The fourth-order valence-electron chi connectivity index (χ4n) is 2.79. The summed E-state index contributed by atoms with van der Waals surface area (Å²) in [6.45, 7) is 0.0217. The number of rotatable bonds is 8. The van der Waals surface area contributed by atoms with Gasteiger partial charge in [-0.15, -0.1) is 0 Å². The van der Waals surface area contributed by atoms with Gasteiger partial charge < -0.3 is 18.8 Å². The Morgan fingerprint density at radius 2 is 1.71 bits per heavy atom. The SMILES string of the molecule is COc1ccccc1N(CCc1ccccc1)C(=O)COC(=O)c1ccco1. The monoisotopic (exact) mass is 379 g/mol. The normalized spacial score (nSPS) is 10.3. The smallest absolute Gasteiger partial charge is 0.374 e. The number of nitrogens with zero attached hydrogens (tertiary/aromatic N) is 1. The zero-order chi connectivity index (χ0) is 19.8. The molecule has 0 unspecified atom stereocenters. The molecule has 0 N–H and O–H groups in total. The van der Waals surface area contributed by atoms with E-state index in [1.165, 1.54) is 12.3 Å². The summed E-state index contributed by atoms with van der Waals surface area (Å²) in [6.07, 6.45) is 2.02. The minimum Gasteiger partial charge on any atom is -0.495 e. The van der Waals surface area contributed by atoms with Gasteiger partial charge >= 0.3 is 5.97 Å². The Kier molecular flexibility index (Phi) is 6.46. The lowest BCUT2D eigenvalue weighted by Crippen LogP contribution is -2.36. The van der Waals surface area contributed by atoms with E-state index in [0.29, 0.717) is 24.4 Å². The molecule has 0 bridgehead atoms. The van der Waals surface area contributed by atoms with E-state index < -0.39 is 12.6 Å². The minimum atomic E-state index is -0.679. The van der Waals surface area contributed by atoms with Crippen molar-refractivity contribution in [1.82, 2.24) is 0 Å². The highest BCUT2D eigenvalue weighted by molar-refractivity contribution is 5.97. The van der Waals surface area contributed by atoms with E-state index in [-0.39, 0.29) is 11.7 Å². The molecule has 6 nitrogen and oxygen atoms in total. The van der Waals surface area contributed by atoms with E-state index in [1.54, 1.807) is 30.2 Å². The van der Waals surface area contributed by atoms with Crippen LogP contribution in [0.3, 0.4) is 0 Å². The van der Waals surface area contributed by atoms with E-state index in [4.69, 9.17) is 13.9 Å². The van der Waals surface area contributed by atoms with Gasteiger partial charge in [0.2, 0.25) is 5.76 Å². The maximum Gasteiger partial charge on any atom is 0.374 e. The topological polar surface area (TPSA) is 69.0 Å². The lowest BCUT2D eigenvalue weighted by molar-refractivity contribution is -0.121. The van der Waals surface area contributed by atoms with Crippen LogP contribution >= 0.6 is 0 Å². The molecule has 0 radical (unpaired) electrons. The minimum absolute atomic E-state index is 0.0564. The Bertz CT molecular complexity index is 906. The van der Waals surface area contributed by atoms with Crippen LogP contribution in [0.4, 0.5) is 5.69 Å². The number of furan rings is 1. The summed E-state index contributed by atoms with van der Waals surface area (Å²) in [7, 11) is 1.55. The van der Waals surface area contributed by atoms with Gasteiger partial charge in [-0.05, 0) is 36.2 Å². The maximum absolute atomic E-state index is 12.9. The summed E-state index contributed by atoms with van der Waals surface area (Å²) in [5.74, 6) is -0.399. The summed E-state index contributed by atoms with van der Waals surface area (Å²) < 4.78 is 15.5.